The Kier molecular flexibility index (Phi) is 6.63. The summed E-state index contributed by atoms with van der Waals surface area (Å²) in [5.41, 5.74) is 5.30. The molecule has 2 rings (SSSR count). The van der Waals surface area contributed by atoms with Crippen LogP contribution in [0.1, 0.15) is 11.1 Å². The first-order valence-electron chi connectivity index (χ1n) is 6.76. The van der Waals surface area contributed by atoms with E-state index in [1.54, 1.807) is 18.3 Å². The van der Waals surface area contributed by atoms with Crippen LogP contribution in [0.25, 0.3) is 0 Å². The Labute approximate surface area is 161 Å². The van der Waals surface area contributed by atoms with Crippen LogP contribution in [0.2, 0.25) is 0 Å². The second kappa shape index (κ2) is 8.48. The summed E-state index contributed by atoms with van der Waals surface area (Å²) < 4.78 is 1.48. The summed E-state index contributed by atoms with van der Waals surface area (Å²) in [6.45, 7) is 2.14. The number of nitrogens with one attached hydrogen (secondary N) is 2. The second-order valence-corrected chi connectivity index (χ2v) is 7.17. The van der Waals surface area contributed by atoms with E-state index in [-0.39, 0.29) is 18.2 Å². The number of phenolic OH excluding ortho intramolecular Hbond substituents is 1. The molecule has 3 N–H and O–H groups in total. The Bertz CT molecular complexity index is 725. The van der Waals surface area contributed by atoms with Gasteiger partial charge in [-0.1, -0.05) is 12.1 Å². The number of nitrogens with zero attached hydrogens (tertiary/aromatic N) is 1. The third kappa shape index (κ3) is 5.65. The molecule has 0 bridgehead atoms. The fourth-order valence-electron chi connectivity index (χ4n) is 1.82. The number of hydrazone groups is 1. The smallest absolute Gasteiger partial charge is 0.259 e. The van der Waals surface area contributed by atoms with Gasteiger partial charge in [-0.15, -0.1) is 0 Å². The van der Waals surface area contributed by atoms with Crippen molar-refractivity contribution in [1.29, 1.82) is 0 Å². The number of rotatable bonds is 5. The number of hydrogen-bond donors (Lipinski definition) is 3. The molecule has 7 heteroatoms. The average molecular weight is 535 g/mol. The van der Waals surface area contributed by atoms with Crippen LogP contribution in [0.5, 0.6) is 5.75 Å². The Hall–Kier alpha value is -1.36. The molecule has 0 spiro atoms. The minimum atomic E-state index is -0.231. The monoisotopic (exact) mass is 535 g/mol. The van der Waals surface area contributed by atoms with Gasteiger partial charge in [-0.05, 0) is 87.5 Å². The van der Waals surface area contributed by atoms with Crippen molar-refractivity contribution in [2.45, 2.75) is 6.92 Å². The molecule has 23 heavy (non-hydrogen) atoms. The summed E-state index contributed by atoms with van der Waals surface area (Å²) in [5, 5.41) is 16.7. The predicted octanol–water partition coefficient (Wildman–Crippen LogP) is 3.47. The van der Waals surface area contributed by atoms with Gasteiger partial charge in [-0.2, -0.15) is 5.10 Å². The quantitative estimate of drug-likeness (QED) is 0.312. The molecule has 0 atom stereocenters. The van der Waals surface area contributed by atoms with Crippen LogP contribution in [-0.2, 0) is 4.79 Å². The number of carbonyl (C=O) groups is 1. The molecule has 2 aromatic carbocycles. The number of halogens is 2. The van der Waals surface area contributed by atoms with Crippen LogP contribution < -0.4 is 10.7 Å². The molecule has 0 unspecified atom stereocenters. The van der Waals surface area contributed by atoms with Crippen LogP contribution in [0, 0.1) is 14.1 Å². The van der Waals surface area contributed by atoms with Gasteiger partial charge < -0.3 is 10.4 Å². The molecule has 0 fully saturated rings. The van der Waals surface area contributed by atoms with Gasteiger partial charge in [0, 0.05) is 5.69 Å². The molecule has 0 saturated heterocycles. The molecule has 2 aromatic rings. The normalized spacial score (nSPS) is 10.7. The van der Waals surface area contributed by atoms with Crippen molar-refractivity contribution in [2.24, 2.45) is 5.10 Å². The van der Waals surface area contributed by atoms with E-state index in [2.05, 4.69) is 15.8 Å². The molecule has 0 aliphatic carbocycles. The highest BCUT2D eigenvalue weighted by molar-refractivity contribution is 14.1. The predicted molar refractivity (Wildman–Crippen MR) is 109 cm³/mol. The first-order chi connectivity index (χ1) is 11.0. The zero-order chi connectivity index (χ0) is 16.8. The first kappa shape index (κ1) is 18.0. The summed E-state index contributed by atoms with van der Waals surface area (Å²) in [6, 6.07) is 11.4. The van der Waals surface area contributed by atoms with E-state index in [1.807, 2.05) is 76.4 Å². The molecule has 120 valence electrons. The van der Waals surface area contributed by atoms with E-state index in [1.165, 1.54) is 0 Å². The number of anilines is 1. The zero-order valence-corrected chi connectivity index (χ0v) is 16.6. The van der Waals surface area contributed by atoms with E-state index < -0.39 is 0 Å². The highest BCUT2D eigenvalue weighted by Crippen LogP contribution is 2.26. The summed E-state index contributed by atoms with van der Waals surface area (Å²) in [6.07, 6.45) is 1.55. The van der Waals surface area contributed by atoms with Gasteiger partial charge in [0.15, 0.2) is 0 Å². The van der Waals surface area contributed by atoms with Gasteiger partial charge in [0.25, 0.3) is 5.91 Å². The number of benzene rings is 2. The maximum Gasteiger partial charge on any atom is 0.259 e. The van der Waals surface area contributed by atoms with E-state index in [4.69, 9.17) is 0 Å². The molecule has 0 saturated carbocycles. The Morgan fingerprint density at radius 2 is 1.96 bits per heavy atom. The van der Waals surface area contributed by atoms with Gasteiger partial charge in [-0.3, -0.25) is 4.79 Å². The van der Waals surface area contributed by atoms with Crippen LogP contribution in [0.15, 0.2) is 41.5 Å². The number of carbonyl (C=O) groups excluding carboxylic acids is 1. The molecular formula is C16H15I2N3O2. The molecule has 0 aliphatic rings. The minimum Gasteiger partial charge on any atom is -0.506 e. The van der Waals surface area contributed by atoms with Crippen molar-refractivity contribution >= 4 is 63.0 Å². The van der Waals surface area contributed by atoms with Gasteiger partial charge in [0.2, 0.25) is 0 Å². The fraction of sp³-hybridized carbons (Fsp3) is 0.125. The van der Waals surface area contributed by atoms with Crippen LogP contribution in [0.3, 0.4) is 0 Å². The van der Waals surface area contributed by atoms with Crippen LogP contribution >= 0.6 is 45.2 Å². The van der Waals surface area contributed by atoms with Gasteiger partial charge in [0.05, 0.1) is 19.9 Å². The standard InChI is InChI=1S/C16H15I2N3O2/c1-10-3-2-4-12(5-10)19-9-15(22)21-20-8-11-6-13(17)16(23)14(18)7-11/h2-8,19,23H,9H2,1H3,(H,21,22). The molecule has 1 amide bonds. The maximum atomic E-state index is 11.7. The zero-order valence-electron chi connectivity index (χ0n) is 12.3. The highest BCUT2D eigenvalue weighted by atomic mass is 127. The SMILES string of the molecule is Cc1cccc(NCC(=O)NN=Cc2cc(I)c(O)c(I)c2)c1. The number of hydrogen-bond acceptors (Lipinski definition) is 4. The number of aryl methyl sites for hydroxylation is 1. The minimum absolute atomic E-state index is 0.144. The Balaban J connectivity index is 1.86. The first-order valence-corrected chi connectivity index (χ1v) is 8.92. The van der Waals surface area contributed by atoms with Crippen molar-refractivity contribution in [3.05, 3.63) is 54.7 Å². The van der Waals surface area contributed by atoms with Crippen molar-refractivity contribution in [2.75, 3.05) is 11.9 Å². The van der Waals surface area contributed by atoms with Crippen molar-refractivity contribution in [3.63, 3.8) is 0 Å². The van der Waals surface area contributed by atoms with E-state index in [0.29, 0.717) is 0 Å². The van der Waals surface area contributed by atoms with E-state index >= 15 is 0 Å². The Morgan fingerprint density at radius 1 is 1.26 bits per heavy atom. The van der Waals surface area contributed by atoms with Crippen molar-refractivity contribution in [3.8, 4) is 5.75 Å². The third-order valence-electron chi connectivity index (χ3n) is 2.91. The van der Waals surface area contributed by atoms with Gasteiger partial charge in [-0.25, -0.2) is 5.43 Å². The van der Waals surface area contributed by atoms with E-state index in [9.17, 15) is 9.90 Å². The largest absolute Gasteiger partial charge is 0.506 e. The maximum absolute atomic E-state index is 11.7. The lowest BCUT2D eigenvalue weighted by molar-refractivity contribution is -0.119. The van der Waals surface area contributed by atoms with Gasteiger partial charge in [0.1, 0.15) is 5.75 Å². The third-order valence-corrected chi connectivity index (χ3v) is 4.56. The van der Waals surface area contributed by atoms with Crippen LogP contribution in [-0.4, -0.2) is 23.8 Å². The molecular weight excluding hydrogens is 520 g/mol. The topological polar surface area (TPSA) is 73.7 Å². The van der Waals surface area contributed by atoms with Crippen LogP contribution in [0.4, 0.5) is 5.69 Å². The van der Waals surface area contributed by atoms with Gasteiger partial charge >= 0.3 is 0 Å². The second-order valence-electron chi connectivity index (χ2n) is 4.85. The molecule has 0 radical (unpaired) electrons. The Morgan fingerprint density at radius 3 is 2.61 bits per heavy atom. The molecule has 0 aromatic heterocycles. The lowest BCUT2D eigenvalue weighted by Crippen LogP contribution is -2.25. The number of amides is 1. The number of aromatic hydroxyl groups is 1. The summed E-state index contributed by atoms with van der Waals surface area (Å²) in [4.78, 5) is 11.7. The lowest BCUT2D eigenvalue weighted by atomic mass is 10.2. The highest BCUT2D eigenvalue weighted by Gasteiger charge is 2.04. The number of phenols is 1. The summed E-state index contributed by atoms with van der Waals surface area (Å²) in [7, 11) is 0. The lowest BCUT2D eigenvalue weighted by Gasteiger charge is -2.06. The molecule has 5 nitrogen and oxygen atoms in total. The molecule has 0 aliphatic heterocycles. The fourth-order valence-corrected chi connectivity index (χ4v) is 3.63. The van der Waals surface area contributed by atoms with Crippen molar-refractivity contribution < 1.29 is 9.90 Å². The summed E-state index contributed by atoms with van der Waals surface area (Å²) >= 11 is 4.10. The molecule has 0 heterocycles. The van der Waals surface area contributed by atoms with Crippen molar-refractivity contribution in [1.82, 2.24) is 5.43 Å². The van der Waals surface area contributed by atoms with E-state index in [0.717, 1.165) is 24.0 Å². The summed E-state index contributed by atoms with van der Waals surface area (Å²) in [5.74, 6) is 0.0284. The average Bonchev–Trinajstić information content (AvgIpc) is 2.50.